The highest BCUT2D eigenvalue weighted by atomic mass is 16.1. The monoisotopic (exact) mass is 215 g/mol. The number of carbonyl (C=O) groups excluding carboxylic acids is 1. The molecule has 1 heterocycles. The lowest BCUT2D eigenvalue weighted by Gasteiger charge is -2.39. The molecule has 4 heteroatoms. The Hall–Kier alpha value is -1.89. The van der Waals surface area contributed by atoms with Crippen molar-refractivity contribution in [2.24, 2.45) is 17.1 Å². The third-order valence-corrected chi connectivity index (χ3v) is 2.94. The van der Waals surface area contributed by atoms with Crippen molar-refractivity contribution in [3.8, 4) is 11.8 Å². The molecule has 2 rings (SSSR count). The number of hydrogen-bond donors (Lipinski definition) is 1. The minimum Gasteiger partial charge on any atom is -0.369 e. The van der Waals surface area contributed by atoms with Crippen LogP contribution < -0.4 is 5.73 Å². The van der Waals surface area contributed by atoms with Gasteiger partial charge in [0, 0.05) is 23.7 Å². The second-order valence-electron chi connectivity index (χ2n) is 4.37. The average molecular weight is 215 g/mol. The van der Waals surface area contributed by atoms with E-state index in [1.54, 1.807) is 18.5 Å². The summed E-state index contributed by atoms with van der Waals surface area (Å²) in [6.45, 7) is 1.88. The van der Waals surface area contributed by atoms with E-state index in [-0.39, 0.29) is 17.2 Å². The first-order valence-electron chi connectivity index (χ1n) is 5.19. The topological polar surface area (TPSA) is 68.9 Å². The van der Waals surface area contributed by atoms with Crippen LogP contribution in [0.5, 0.6) is 0 Å². The van der Waals surface area contributed by atoms with Crippen LogP contribution in [0.3, 0.4) is 0 Å². The fourth-order valence-corrected chi connectivity index (χ4v) is 1.86. The second-order valence-corrected chi connectivity index (χ2v) is 4.37. The van der Waals surface area contributed by atoms with Crippen molar-refractivity contribution in [1.82, 2.24) is 9.97 Å². The molecule has 0 unspecified atom stereocenters. The van der Waals surface area contributed by atoms with Gasteiger partial charge in [-0.15, -0.1) is 0 Å². The van der Waals surface area contributed by atoms with Gasteiger partial charge >= 0.3 is 0 Å². The largest absolute Gasteiger partial charge is 0.369 e. The van der Waals surface area contributed by atoms with Gasteiger partial charge < -0.3 is 5.73 Å². The summed E-state index contributed by atoms with van der Waals surface area (Å²) in [5.74, 6) is 6.49. The van der Waals surface area contributed by atoms with Gasteiger partial charge in [-0.2, -0.15) is 0 Å². The van der Waals surface area contributed by atoms with Gasteiger partial charge in [0.1, 0.15) is 0 Å². The number of aromatic nitrogens is 2. The van der Waals surface area contributed by atoms with Gasteiger partial charge in [-0.3, -0.25) is 4.79 Å². The van der Waals surface area contributed by atoms with Crippen molar-refractivity contribution in [3.05, 3.63) is 24.3 Å². The standard InChI is InChI=1S/C12H13N3O/c1-12(11(13)16)7-9(8-12)3-4-10-14-5-2-6-15-10/h2,5-6,9H,7-8H2,1H3,(H2,13,16). The minimum absolute atomic E-state index is 0.235. The van der Waals surface area contributed by atoms with E-state index in [1.165, 1.54) is 0 Å². The van der Waals surface area contributed by atoms with E-state index >= 15 is 0 Å². The summed E-state index contributed by atoms with van der Waals surface area (Å²) in [5, 5.41) is 0. The van der Waals surface area contributed by atoms with E-state index in [1.807, 2.05) is 6.92 Å². The van der Waals surface area contributed by atoms with E-state index in [2.05, 4.69) is 21.8 Å². The highest BCUT2D eigenvalue weighted by Crippen LogP contribution is 2.44. The highest BCUT2D eigenvalue weighted by molar-refractivity contribution is 5.81. The number of hydrogen-bond acceptors (Lipinski definition) is 3. The molecule has 2 N–H and O–H groups in total. The molecule has 16 heavy (non-hydrogen) atoms. The number of amides is 1. The van der Waals surface area contributed by atoms with Gasteiger partial charge in [0.05, 0.1) is 0 Å². The zero-order valence-electron chi connectivity index (χ0n) is 9.10. The third-order valence-electron chi connectivity index (χ3n) is 2.94. The molecule has 82 valence electrons. The van der Waals surface area contributed by atoms with Crippen molar-refractivity contribution in [3.63, 3.8) is 0 Å². The van der Waals surface area contributed by atoms with Crippen molar-refractivity contribution < 1.29 is 4.79 Å². The average Bonchev–Trinajstić information content (AvgIpc) is 2.24. The number of nitrogens with two attached hydrogens (primary N) is 1. The van der Waals surface area contributed by atoms with Gasteiger partial charge in [-0.05, 0) is 24.8 Å². The summed E-state index contributed by atoms with van der Waals surface area (Å²) in [7, 11) is 0. The Morgan fingerprint density at radius 2 is 2.12 bits per heavy atom. The van der Waals surface area contributed by atoms with Crippen LogP contribution in [0.4, 0.5) is 0 Å². The first-order valence-corrected chi connectivity index (χ1v) is 5.19. The van der Waals surface area contributed by atoms with Crippen molar-refractivity contribution in [2.45, 2.75) is 19.8 Å². The number of carbonyl (C=O) groups is 1. The lowest BCUT2D eigenvalue weighted by Crippen LogP contribution is -2.44. The van der Waals surface area contributed by atoms with Crippen LogP contribution in [0, 0.1) is 23.2 Å². The summed E-state index contributed by atoms with van der Waals surface area (Å²) >= 11 is 0. The second kappa shape index (κ2) is 3.93. The third kappa shape index (κ3) is 2.03. The summed E-state index contributed by atoms with van der Waals surface area (Å²) in [4.78, 5) is 19.1. The van der Waals surface area contributed by atoms with E-state index in [0.717, 1.165) is 12.8 Å². The summed E-state index contributed by atoms with van der Waals surface area (Å²) < 4.78 is 0. The molecule has 0 bridgehead atoms. The van der Waals surface area contributed by atoms with E-state index in [0.29, 0.717) is 5.82 Å². The maximum absolute atomic E-state index is 11.1. The van der Waals surface area contributed by atoms with Gasteiger partial charge in [0.2, 0.25) is 11.7 Å². The van der Waals surface area contributed by atoms with Crippen LogP contribution in [-0.2, 0) is 4.79 Å². The number of primary amides is 1. The summed E-state index contributed by atoms with van der Waals surface area (Å²) in [6, 6.07) is 1.75. The van der Waals surface area contributed by atoms with E-state index in [9.17, 15) is 4.79 Å². The zero-order chi connectivity index (χ0) is 11.6. The Morgan fingerprint density at radius 1 is 1.50 bits per heavy atom. The molecule has 0 saturated heterocycles. The zero-order valence-corrected chi connectivity index (χ0v) is 9.10. The molecule has 1 aliphatic carbocycles. The fraction of sp³-hybridized carbons (Fsp3) is 0.417. The fourth-order valence-electron chi connectivity index (χ4n) is 1.86. The molecule has 0 spiro atoms. The highest BCUT2D eigenvalue weighted by Gasteiger charge is 2.44. The smallest absolute Gasteiger partial charge is 0.223 e. The van der Waals surface area contributed by atoms with Crippen LogP contribution in [0.25, 0.3) is 0 Å². The molecule has 1 aliphatic rings. The van der Waals surface area contributed by atoms with Crippen LogP contribution in [0.15, 0.2) is 18.5 Å². The molecule has 1 aromatic rings. The Balaban J connectivity index is 1.96. The number of rotatable bonds is 1. The normalized spacial score (nSPS) is 27.4. The molecule has 4 nitrogen and oxygen atoms in total. The quantitative estimate of drug-likeness (QED) is 0.702. The molecule has 0 radical (unpaired) electrons. The van der Waals surface area contributed by atoms with E-state index in [4.69, 9.17) is 5.73 Å². The van der Waals surface area contributed by atoms with Crippen LogP contribution in [-0.4, -0.2) is 15.9 Å². The van der Waals surface area contributed by atoms with Gasteiger partial charge in [0.15, 0.2) is 0 Å². The Morgan fingerprint density at radius 3 is 2.69 bits per heavy atom. The molecule has 1 aromatic heterocycles. The minimum atomic E-state index is -0.364. The summed E-state index contributed by atoms with van der Waals surface area (Å²) in [6.07, 6.45) is 4.79. The number of nitrogens with zero attached hydrogens (tertiary/aromatic N) is 2. The van der Waals surface area contributed by atoms with Crippen molar-refractivity contribution in [2.75, 3.05) is 0 Å². The van der Waals surface area contributed by atoms with Crippen molar-refractivity contribution in [1.29, 1.82) is 0 Å². The van der Waals surface area contributed by atoms with Gasteiger partial charge in [0.25, 0.3) is 0 Å². The molecule has 1 amide bonds. The summed E-state index contributed by atoms with van der Waals surface area (Å²) in [5.41, 5.74) is 4.93. The van der Waals surface area contributed by atoms with Gasteiger partial charge in [-0.25, -0.2) is 9.97 Å². The molecular formula is C12H13N3O. The maximum Gasteiger partial charge on any atom is 0.223 e. The first-order chi connectivity index (χ1) is 7.60. The van der Waals surface area contributed by atoms with Crippen LogP contribution in [0.2, 0.25) is 0 Å². The molecule has 0 aromatic carbocycles. The van der Waals surface area contributed by atoms with E-state index < -0.39 is 0 Å². The van der Waals surface area contributed by atoms with Gasteiger partial charge in [-0.1, -0.05) is 12.8 Å². The lowest BCUT2D eigenvalue weighted by molar-refractivity contribution is -0.132. The van der Waals surface area contributed by atoms with Crippen LogP contribution >= 0.6 is 0 Å². The first kappa shape index (κ1) is 10.6. The van der Waals surface area contributed by atoms with Crippen LogP contribution in [0.1, 0.15) is 25.6 Å². The SMILES string of the molecule is CC1(C(N)=O)CC(C#Cc2ncccn2)C1. The Bertz CT molecular complexity index is 452. The van der Waals surface area contributed by atoms with Crippen molar-refractivity contribution >= 4 is 5.91 Å². The lowest BCUT2D eigenvalue weighted by atomic mass is 9.63. The predicted octanol–water partition coefficient (Wildman–Crippen LogP) is 0.730. The molecule has 0 aliphatic heterocycles. The molecule has 0 atom stereocenters. The molecule has 1 fully saturated rings. The molecule has 1 saturated carbocycles. The Labute approximate surface area is 94.3 Å². The Kier molecular flexibility index (Phi) is 2.61. The molecular weight excluding hydrogens is 202 g/mol. The maximum atomic E-state index is 11.1. The predicted molar refractivity (Wildman–Crippen MR) is 58.9 cm³/mol.